The van der Waals surface area contributed by atoms with Gasteiger partial charge in [-0.25, -0.2) is 4.39 Å². The van der Waals surface area contributed by atoms with Crippen LogP contribution in [0.3, 0.4) is 0 Å². The van der Waals surface area contributed by atoms with E-state index in [1.54, 1.807) is 18.3 Å². The molecular formula is C26H26FN5. The second-order valence-corrected chi connectivity index (χ2v) is 8.25. The minimum absolute atomic E-state index is 0.168. The van der Waals surface area contributed by atoms with Gasteiger partial charge in [-0.2, -0.15) is 5.10 Å². The molecule has 1 atom stereocenters. The quantitative estimate of drug-likeness (QED) is 0.496. The number of nitrogens with zero attached hydrogens (tertiary/aromatic N) is 4. The largest absolute Gasteiger partial charge is 0.367 e. The summed E-state index contributed by atoms with van der Waals surface area (Å²) >= 11 is 0. The summed E-state index contributed by atoms with van der Waals surface area (Å²) in [5.74, 6) is -0.235. The Morgan fingerprint density at radius 1 is 0.938 bits per heavy atom. The lowest BCUT2D eigenvalue weighted by Gasteiger charge is -2.40. The van der Waals surface area contributed by atoms with E-state index < -0.39 is 0 Å². The highest BCUT2D eigenvalue weighted by Crippen LogP contribution is 2.33. The van der Waals surface area contributed by atoms with Crippen LogP contribution in [0.5, 0.6) is 0 Å². The molecule has 5 nitrogen and oxygen atoms in total. The third-order valence-corrected chi connectivity index (χ3v) is 6.12. The van der Waals surface area contributed by atoms with E-state index in [0.29, 0.717) is 0 Å². The fourth-order valence-electron chi connectivity index (χ4n) is 4.57. The molecular weight excluding hydrogens is 401 g/mol. The first-order chi connectivity index (χ1) is 15.7. The molecule has 1 aliphatic rings. The summed E-state index contributed by atoms with van der Waals surface area (Å²) in [6.07, 6.45) is 5.71. The molecule has 0 aliphatic carbocycles. The van der Waals surface area contributed by atoms with E-state index in [9.17, 15) is 4.39 Å². The maximum atomic E-state index is 13.4. The normalized spacial score (nSPS) is 15.6. The Labute approximate surface area is 187 Å². The number of aromatic amines is 1. The fraction of sp³-hybridized carbons (Fsp3) is 0.231. The number of rotatable bonds is 5. The summed E-state index contributed by atoms with van der Waals surface area (Å²) in [6, 6.07) is 19.5. The minimum Gasteiger partial charge on any atom is -0.367 e. The van der Waals surface area contributed by atoms with Crippen molar-refractivity contribution in [2.24, 2.45) is 0 Å². The molecule has 4 aromatic rings. The van der Waals surface area contributed by atoms with Crippen molar-refractivity contribution in [2.45, 2.75) is 13.0 Å². The highest BCUT2D eigenvalue weighted by Gasteiger charge is 2.28. The van der Waals surface area contributed by atoms with E-state index in [2.05, 4.69) is 62.2 Å². The third kappa shape index (κ3) is 4.14. The van der Waals surface area contributed by atoms with Crippen molar-refractivity contribution in [1.82, 2.24) is 20.1 Å². The molecule has 1 N–H and O–H groups in total. The lowest BCUT2D eigenvalue weighted by Crippen LogP contribution is -2.48. The number of piperazine rings is 1. The molecule has 3 heterocycles. The lowest BCUT2D eigenvalue weighted by molar-refractivity contribution is 0.212. The summed E-state index contributed by atoms with van der Waals surface area (Å²) in [5.41, 5.74) is 6.64. The number of halogens is 1. The molecule has 2 aromatic carbocycles. The van der Waals surface area contributed by atoms with Crippen LogP contribution in [0.1, 0.15) is 22.7 Å². The molecule has 0 radical (unpaired) electrons. The van der Waals surface area contributed by atoms with Crippen molar-refractivity contribution in [3.63, 3.8) is 0 Å². The number of anilines is 1. The van der Waals surface area contributed by atoms with Crippen molar-refractivity contribution in [1.29, 1.82) is 0 Å². The van der Waals surface area contributed by atoms with E-state index in [1.807, 2.05) is 18.5 Å². The molecule has 0 amide bonds. The van der Waals surface area contributed by atoms with Gasteiger partial charge in [-0.15, -0.1) is 0 Å². The van der Waals surface area contributed by atoms with Crippen molar-refractivity contribution >= 4 is 5.69 Å². The van der Waals surface area contributed by atoms with Crippen molar-refractivity contribution < 1.29 is 4.39 Å². The maximum absolute atomic E-state index is 13.4. The van der Waals surface area contributed by atoms with E-state index in [-0.39, 0.29) is 11.9 Å². The Balaban J connectivity index is 1.39. The number of nitrogens with one attached hydrogen (secondary N) is 1. The first-order valence-corrected chi connectivity index (χ1v) is 10.9. The van der Waals surface area contributed by atoms with Crippen LogP contribution in [0, 0.1) is 12.7 Å². The predicted octanol–water partition coefficient (Wildman–Crippen LogP) is 4.83. The van der Waals surface area contributed by atoms with Gasteiger partial charge in [0.1, 0.15) is 5.82 Å². The van der Waals surface area contributed by atoms with Crippen LogP contribution in [0.15, 0.2) is 79.3 Å². The van der Waals surface area contributed by atoms with Crippen LogP contribution in [-0.4, -0.2) is 46.3 Å². The summed E-state index contributed by atoms with van der Waals surface area (Å²) in [4.78, 5) is 9.51. The number of hydrogen-bond donors (Lipinski definition) is 1. The third-order valence-electron chi connectivity index (χ3n) is 6.12. The van der Waals surface area contributed by atoms with E-state index in [1.165, 1.54) is 28.8 Å². The van der Waals surface area contributed by atoms with Crippen molar-refractivity contribution in [3.05, 3.63) is 102 Å². The van der Waals surface area contributed by atoms with Gasteiger partial charge in [0, 0.05) is 49.7 Å². The molecule has 0 bridgehead atoms. The Morgan fingerprint density at radius 2 is 1.75 bits per heavy atom. The minimum atomic E-state index is -0.235. The summed E-state index contributed by atoms with van der Waals surface area (Å²) in [7, 11) is 0. The van der Waals surface area contributed by atoms with Crippen LogP contribution in [0.4, 0.5) is 10.1 Å². The average molecular weight is 428 g/mol. The summed E-state index contributed by atoms with van der Waals surface area (Å²) in [5, 5.41) is 7.18. The van der Waals surface area contributed by atoms with Crippen LogP contribution < -0.4 is 4.90 Å². The summed E-state index contributed by atoms with van der Waals surface area (Å²) < 4.78 is 13.4. The lowest BCUT2D eigenvalue weighted by atomic mass is 9.97. The zero-order valence-corrected chi connectivity index (χ0v) is 18.1. The zero-order valence-electron chi connectivity index (χ0n) is 18.1. The van der Waals surface area contributed by atoms with Crippen LogP contribution in [-0.2, 0) is 0 Å². The molecule has 1 fully saturated rings. The van der Waals surface area contributed by atoms with Gasteiger partial charge < -0.3 is 4.90 Å². The second kappa shape index (κ2) is 8.93. The fourth-order valence-corrected chi connectivity index (χ4v) is 4.57. The predicted molar refractivity (Wildman–Crippen MR) is 125 cm³/mol. The zero-order chi connectivity index (χ0) is 21.9. The highest BCUT2D eigenvalue weighted by atomic mass is 19.1. The molecule has 162 valence electrons. The Bertz CT molecular complexity index is 1170. The molecule has 5 rings (SSSR count). The van der Waals surface area contributed by atoms with Crippen LogP contribution in [0.2, 0.25) is 0 Å². The van der Waals surface area contributed by atoms with Crippen LogP contribution >= 0.6 is 0 Å². The molecule has 32 heavy (non-hydrogen) atoms. The van der Waals surface area contributed by atoms with E-state index >= 15 is 0 Å². The standard InChI is InChI=1S/C26H26FN5/c1-19-4-2-5-21(16-19)26(22-17-29-30-18-22)32-14-12-31(13-15-32)24-6-3-11-28-25(24)20-7-9-23(27)10-8-20/h2-11,16-18,26H,12-15H2,1H3,(H,29,30). The van der Waals surface area contributed by atoms with Gasteiger partial charge in [-0.1, -0.05) is 29.8 Å². The number of hydrogen-bond acceptors (Lipinski definition) is 4. The monoisotopic (exact) mass is 427 g/mol. The molecule has 6 heteroatoms. The SMILES string of the molecule is Cc1cccc(C(c2cn[nH]c2)N2CCN(c3cccnc3-c3ccc(F)cc3)CC2)c1. The van der Waals surface area contributed by atoms with Crippen molar-refractivity contribution in [2.75, 3.05) is 31.1 Å². The molecule has 0 saturated carbocycles. The van der Waals surface area contributed by atoms with Gasteiger partial charge in [0.2, 0.25) is 0 Å². The van der Waals surface area contributed by atoms with E-state index in [0.717, 1.165) is 43.1 Å². The van der Waals surface area contributed by atoms with E-state index in [4.69, 9.17) is 0 Å². The molecule has 1 saturated heterocycles. The number of benzene rings is 2. The topological polar surface area (TPSA) is 48.1 Å². The van der Waals surface area contributed by atoms with Crippen LogP contribution in [0.25, 0.3) is 11.3 Å². The van der Waals surface area contributed by atoms with Gasteiger partial charge in [0.05, 0.1) is 23.6 Å². The molecule has 1 aliphatic heterocycles. The smallest absolute Gasteiger partial charge is 0.123 e. The Hall–Kier alpha value is -3.51. The average Bonchev–Trinajstić information content (AvgIpc) is 3.35. The molecule has 2 aromatic heterocycles. The number of aromatic nitrogens is 3. The van der Waals surface area contributed by atoms with Crippen molar-refractivity contribution in [3.8, 4) is 11.3 Å². The Morgan fingerprint density at radius 3 is 2.47 bits per heavy atom. The molecule has 1 unspecified atom stereocenters. The first-order valence-electron chi connectivity index (χ1n) is 10.9. The maximum Gasteiger partial charge on any atom is 0.123 e. The molecule has 0 spiro atoms. The van der Waals surface area contributed by atoms with Gasteiger partial charge in [-0.05, 0) is 48.9 Å². The number of H-pyrrole nitrogens is 1. The number of pyridine rings is 1. The number of aryl methyl sites for hydroxylation is 1. The van der Waals surface area contributed by atoms with Gasteiger partial charge in [-0.3, -0.25) is 15.0 Å². The second-order valence-electron chi connectivity index (χ2n) is 8.25. The highest BCUT2D eigenvalue weighted by molar-refractivity contribution is 5.75. The van der Waals surface area contributed by atoms with Gasteiger partial charge in [0.15, 0.2) is 0 Å². The first kappa shape index (κ1) is 20.4. The Kier molecular flexibility index (Phi) is 5.69. The van der Waals surface area contributed by atoms with Gasteiger partial charge >= 0.3 is 0 Å². The summed E-state index contributed by atoms with van der Waals surface area (Å²) in [6.45, 7) is 5.75. The van der Waals surface area contributed by atoms with Gasteiger partial charge in [0.25, 0.3) is 0 Å².